The second-order valence-corrected chi connectivity index (χ2v) is 6.86. The number of nitro benzene ring substituents is 1. The standard InChI is InChI=1S/C20H21FN2O3/c1-12-6-7-15(9-13(12)2)18-5-4-8-22(18)20(24)16-10-17(21)14(3)19(11-16)23(25)26/h6-7,9-11,18H,4-5,8H2,1-3H3. The molecule has 1 atom stereocenters. The number of halogens is 1. The van der Waals surface area contributed by atoms with E-state index in [1.54, 1.807) is 4.90 Å². The third-order valence-corrected chi connectivity index (χ3v) is 5.19. The molecule has 1 aliphatic rings. The Labute approximate surface area is 151 Å². The number of benzene rings is 2. The largest absolute Gasteiger partial charge is 0.332 e. The van der Waals surface area contributed by atoms with Crippen LogP contribution in [-0.2, 0) is 0 Å². The van der Waals surface area contributed by atoms with Crippen LogP contribution in [0.1, 0.15) is 51.5 Å². The Bertz CT molecular complexity index is 895. The predicted molar refractivity (Wildman–Crippen MR) is 96.7 cm³/mol. The maximum absolute atomic E-state index is 14.1. The molecule has 26 heavy (non-hydrogen) atoms. The molecule has 1 aliphatic heterocycles. The monoisotopic (exact) mass is 356 g/mol. The Morgan fingerprint density at radius 1 is 1.19 bits per heavy atom. The normalized spacial score (nSPS) is 16.8. The van der Waals surface area contributed by atoms with E-state index in [1.807, 2.05) is 26.0 Å². The lowest BCUT2D eigenvalue weighted by Crippen LogP contribution is -2.30. The molecule has 1 unspecified atom stereocenters. The molecule has 0 saturated carbocycles. The Morgan fingerprint density at radius 3 is 2.58 bits per heavy atom. The summed E-state index contributed by atoms with van der Waals surface area (Å²) >= 11 is 0. The molecule has 0 aromatic heterocycles. The number of nitro groups is 1. The molecule has 2 aromatic carbocycles. The average Bonchev–Trinajstić information content (AvgIpc) is 3.08. The summed E-state index contributed by atoms with van der Waals surface area (Å²) in [7, 11) is 0. The molecule has 0 aliphatic carbocycles. The summed E-state index contributed by atoms with van der Waals surface area (Å²) in [6, 6.07) is 8.30. The van der Waals surface area contributed by atoms with Crippen molar-refractivity contribution in [3.05, 3.63) is 74.1 Å². The minimum atomic E-state index is -0.732. The van der Waals surface area contributed by atoms with Gasteiger partial charge in [-0.3, -0.25) is 14.9 Å². The molecular formula is C20H21FN2O3. The molecule has 2 aromatic rings. The van der Waals surface area contributed by atoms with E-state index >= 15 is 0 Å². The first-order valence-electron chi connectivity index (χ1n) is 8.62. The van der Waals surface area contributed by atoms with Crippen LogP contribution in [-0.4, -0.2) is 22.3 Å². The Kier molecular flexibility index (Phi) is 4.76. The van der Waals surface area contributed by atoms with Crippen molar-refractivity contribution in [2.24, 2.45) is 0 Å². The number of aryl methyl sites for hydroxylation is 2. The molecule has 1 fully saturated rings. The van der Waals surface area contributed by atoms with Crippen LogP contribution >= 0.6 is 0 Å². The third-order valence-electron chi connectivity index (χ3n) is 5.19. The second-order valence-electron chi connectivity index (χ2n) is 6.86. The zero-order valence-electron chi connectivity index (χ0n) is 15.1. The van der Waals surface area contributed by atoms with E-state index in [2.05, 4.69) is 6.07 Å². The van der Waals surface area contributed by atoms with E-state index in [4.69, 9.17) is 0 Å². The number of hydrogen-bond donors (Lipinski definition) is 0. The number of rotatable bonds is 3. The smallest absolute Gasteiger partial charge is 0.276 e. The number of carbonyl (C=O) groups is 1. The molecule has 136 valence electrons. The molecule has 1 saturated heterocycles. The van der Waals surface area contributed by atoms with Crippen LogP contribution in [0.3, 0.4) is 0 Å². The van der Waals surface area contributed by atoms with Crippen molar-refractivity contribution in [1.29, 1.82) is 0 Å². The maximum atomic E-state index is 14.1. The van der Waals surface area contributed by atoms with E-state index < -0.39 is 10.7 Å². The molecule has 6 heteroatoms. The molecule has 1 amide bonds. The highest BCUT2D eigenvalue weighted by Crippen LogP contribution is 2.35. The number of nitrogens with zero attached hydrogens (tertiary/aromatic N) is 2. The van der Waals surface area contributed by atoms with Crippen LogP contribution in [0.5, 0.6) is 0 Å². The van der Waals surface area contributed by atoms with Crippen molar-refractivity contribution in [2.75, 3.05) is 6.54 Å². The summed E-state index contributed by atoms with van der Waals surface area (Å²) in [4.78, 5) is 25.1. The molecule has 1 heterocycles. The summed E-state index contributed by atoms with van der Waals surface area (Å²) < 4.78 is 14.1. The number of likely N-dealkylation sites (tertiary alicyclic amines) is 1. The van der Waals surface area contributed by atoms with Gasteiger partial charge in [-0.15, -0.1) is 0 Å². The summed E-state index contributed by atoms with van der Waals surface area (Å²) in [6.07, 6.45) is 1.67. The highest BCUT2D eigenvalue weighted by molar-refractivity contribution is 5.95. The fraction of sp³-hybridized carbons (Fsp3) is 0.350. The molecule has 0 spiro atoms. The lowest BCUT2D eigenvalue weighted by atomic mass is 9.99. The van der Waals surface area contributed by atoms with Gasteiger partial charge in [0.2, 0.25) is 0 Å². The van der Waals surface area contributed by atoms with Gasteiger partial charge in [0.05, 0.1) is 16.5 Å². The Hall–Kier alpha value is -2.76. The van der Waals surface area contributed by atoms with E-state index in [0.29, 0.717) is 6.54 Å². The SMILES string of the molecule is Cc1ccc(C2CCCN2C(=O)c2cc(F)c(C)c([N+](=O)[O-])c2)cc1C. The topological polar surface area (TPSA) is 63.5 Å². The van der Waals surface area contributed by atoms with Crippen LogP contribution in [0.4, 0.5) is 10.1 Å². The first kappa shape index (κ1) is 18.0. The van der Waals surface area contributed by atoms with E-state index in [0.717, 1.165) is 30.0 Å². The van der Waals surface area contributed by atoms with Crippen LogP contribution in [0, 0.1) is 36.7 Å². The van der Waals surface area contributed by atoms with Gasteiger partial charge >= 0.3 is 0 Å². The van der Waals surface area contributed by atoms with Crippen LogP contribution in [0.2, 0.25) is 0 Å². The lowest BCUT2D eigenvalue weighted by molar-refractivity contribution is -0.385. The highest BCUT2D eigenvalue weighted by Gasteiger charge is 2.32. The van der Waals surface area contributed by atoms with Crippen molar-refractivity contribution >= 4 is 11.6 Å². The predicted octanol–water partition coefficient (Wildman–Crippen LogP) is 4.64. The number of carbonyl (C=O) groups excluding carboxylic acids is 1. The zero-order valence-corrected chi connectivity index (χ0v) is 15.1. The fourth-order valence-corrected chi connectivity index (χ4v) is 3.47. The van der Waals surface area contributed by atoms with Crippen LogP contribution < -0.4 is 0 Å². The fourth-order valence-electron chi connectivity index (χ4n) is 3.47. The van der Waals surface area contributed by atoms with Gasteiger partial charge in [0.15, 0.2) is 0 Å². The quantitative estimate of drug-likeness (QED) is 0.595. The zero-order chi connectivity index (χ0) is 19.0. The van der Waals surface area contributed by atoms with Crippen molar-refractivity contribution in [3.63, 3.8) is 0 Å². The molecule has 5 nitrogen and oxygen atoms in total. The van der Waals surface area contributed by atoms with Crippen molar-refractivity contribution in [1.82, 2.24) is 4.90 Å². The van der Waals surface area contributed by atoms with Gasteiger partial charge in [0, 0.05) is 18.2 Å². The molecule has 0 radical (unpaired) electrons. The highest BCUT2D eigenvalue weighted by atomic mass is 19.1. The van der Waals surface area contributed by atoms with Gasteiger partial charge in [-0.05, 0) is 56.4 Å². The summed E-state index contributed by atoms with van der Waals surface area (Å²) in [5.74, 6) is -1.10. The van der Waals surface area contributed by atoms with Crippen molar-refractivity contribution in [3.8, 4) is 0 Å². The minimum absolute atomic E-state index is 0.0236. The van der Waals surface area contributed by atoms with Gasteiger partial charge in [-0.2, -0.15) is 0 Å². The Morgan fingerprint density at radius 2 is 1.92 bits per heavy atom. The summed E-state index contributed by atoms with van der Waals surface area (Å²) in [6.45, 7) is 5.96. The first-order valence-corrected chi connectivity index (χ1v) is 8.62. The van der Waals surface area contributed by atoms with Gasteiger partial charge < -0.3 is 4.90 Å². The molecule has 0 N–H and O–H groups in total. The number of amides is 1. The third kappa shape index (κ3) is 3.19. The van der Waals surface area contributed by atoms with Gasteiger partial charge in [0.1, 0.15) is 5.82 Å². The molecule has 3 rings (SSSR count). The van der Waals surface area contributed by atoms with Gasteiger partial charge in [0.25, 0.3) is 11.6 Å². The first-order chi connectivity index (χ1) is 12.3. The minimum Gasteiger partial charge on any atom is -0.332 e. The van der Waals surface area contributed by atoms with Crippen molar-refractivity contribution in [2.45, 2.75) is 39.7 Å². The summed E-state index contributed by atoms with van der Waals surface area (Å²) in [5.41, 5.74) is 2.98. The maximum Gasteiger partial charge on any atom is 0.276 e. The van der Waals surface area contributed by atoms with E-state index in [-0.39, 0.29) is 28.8 Å². The van der Waals surface area contributed by atoms with Gasteiger partial charge in [-0.25, -0.2) is 4.39 Å². The van der Waals surface area contributed by atoms with Crippen molar-refractivity contribution < 1.29 is 14.1 Å². The van der Waals surface area contributed by atoms with Crippen LogP contribution in [0.25, 0.3) is 0 Å². The van der Waals surface area contributed by atoms with Gasteiger partial charge in [-0.1, -0.05) is 18.2 Å². The van der Waals surface area contributed by atoms with Crippen LogP contribution in [0.15, 0.2) is 30.3 Å². The average molecular weight is 356 g/mol. The second kappa shape index (κ2) is 6.86. The van der Waals surface area contributed by atoms with E-state index in [9.17, 15) is 19.3 Å². The molecular weight excluding hydrogens is 335 g/mol. The number of hydrogen-bond acceptors (Lipinski definition) is 3. The van der Waals surface area contributed by atoms with E-state index in [1.165, 1.54) is 18.6 Å². The summed E-state index contributed by atoms with van der Waals surface area (Å²) in [5, 5.41) is 11.1. The molecule has 0 bridgehead atoms. The Balaban J connectivity index is 1.96. The lowest BCUT2D eigenvalue weighted by Gasteiger charge is -2.26.